The van der Waals surface area contributed by atoms with Gasteiger partial charge in [0.15, 0.2) is 0 Å². The highest BCUT2D eigenvalue weighted by Gasteiger charge is 2.17. The first-order valence-corrected chi connectivity index (χ1v) is 4.46. The van der Waals surface area contributed by atoms with Crippen LogP contribution in [0.1, 0.15) is 23.7 Å². The summed E-state index contributed by atoms with van der Waals surface area (Å²) in [7, 11) is 0. The molecule has 0 fully saturated rings. The van der Waals surface area contributed by atoms with Gasteiger partial charge in [-0.05, 0) is 24.6 Å². The zero-order chi connectivity index (χ0) is 8.55. The minimum absolute atomic E-state index is 1.03. The van der Waals surface area contributed by atoms with Gasteiger partial charge in [-0.15, -0.1) is 0 Å². The predicted octanol–water partition coefficient (Wildman–Crippen LogP) is 1.73. The lowest BCUT2D eigenvalue weighted by Crippen LogP contribution is -2.14. The molecule has 1 aromatic heterocycles. The van der Waals surface area contributed by atoms with E-state index >= 15 is 0 Å². The Morgan fingerprint density at radius 3 is 3.08 bits per heavy atom. The lowest BCUT2D eigenvalue weighted by atomic mass is 10.2. The Kier molecular flexibility index (Phi) is 1.85. The third kappa shape index (κ3) is 1.23. The number of hydrogen-bond acceptors (Lipinski definition) is 2. The highest BCUT2D eigenvalue weighted by molar-refractivity contribution is 5.27. The van der Waals surface area contributed by atoms with E-state index in [0.717, 1.165) is 19.6 Å². The van der Waals surface area contributed by atoms with Crippen LogP contribution in [-0.4, -0.2) is 16.4 Å². The fourth-order valence-corrected chi connectivity index (χ4v) is 1.67. The Morgan fingerprint density at radius 1 is 1.50 bits per heavy atom. The maximum absolute atomic E-state index is 4.42. The van der Waals surface area contributed by atoms with E-state index in [2.05, 4.69) is 29.8 Å². The number of fused-ring (bicyclic) bond motifs is 1. The van der Waals surface area contributed by atoms with Crippen LogP contribution in [0.4, 0.5) is 0 Å². The molecule has 0 amide bonds. The van der Waals surface area contributed by atoms with Gasteiger partial charge in [-0.3, -0.25) is 9.88 Å². The number of pyridine rings is 1. The summed E-state index contributed by atoms with van der Waals surface area (Å²) in [6, 6.07) is 2.25. The van der Waals surface area contributed by atoms with Gasteiger partial charge in [-0.1, -0.05) is 13.0 Å². The van der Waals surface area contributed by atoms with Crippen molar-refractivity contribution in [3.63, 3.8) is 0 Å². The van der Waals surface area contributed by atoms with Gasteiger partial charge in [0.1, 0.15) is 0 Å². The number of rotatable bonds is 1. The molecule has 2 rings (SSSR count). The van der Waals surface area contributed by atoms with Gasteiger partial charge in [-0.2, -0.15) is 0 Å². The molecule has 12 heavy (non-hydrogen) atoms. The van der Waals surface area contributed by atoms with E-state index in [1.807, 2.05) is 6.20 Å². The summed E-state index contributed by atoms with van der Waals surface area (Å²) in [5, 5.41) is 0. The van der Waals surface area contributed by atoms with Crippen molar-refractivity contribution in [2.75, 3.05) is 6.54 Å². The zero-order valence-corrected chi connectivity index (χ0v) is 7.67. The molecule has 0 radical (unpaired) electrons. The molecule has 2 heteroatoms. The van der Waals surface area contributed by atoms with Gasteiger partial charge in [0.25, 0.3) is 0 Å². The second kappa shape index (κ2) is 2.87. The molecule has 1 aliphatic heterocycles. The van der Waals surface area contributed by atoms with Crippen molar-refractivity contribution in [3.8, 4) is 0 Å². The Morgan fingerprint density at radius 2 is 2.33 bits per heavy atom. The highest BCUT2D eigenvalue weighted by atomic mass is 15.1. The van der Waals surface area contributed by atoms with E-state index in [0.29, 0.717) is 0 Å². The van der Waals surface area contributed by atoms with Gasteiger partial charge < -0.3 is 0 Å². The van der Waals surface area contributed by atoms with Gasteiger partial charge in [-0.25, -0.2) is 0 Å². The molecule has 0 bridgehead atoms. The van der Waals surface area contributed by atoms with Crippen LogP contribution in [0.3, 0.4) is 0 Å². The first-order valence-electron chi connectivity index (χ1n) is 4.46. The van der Waals surface area contributed by atoms with E-state index in [1.165, 1.54) is 16.8 Å². The molecule has 64 valence electrons. The van der Waals surface area contributed by atoms with Crippen molar-refractivity contribution in [2.45, 2.75) is 26.9 Å². The molecular weight excluding hydrogens is 148 g/mol. The van der Waals surface area contributed by atoms with E-state index < -0.39 is 0 Å². The fraction of sp³-hybridized carbons (Fsp3) is 0.500. The monoisotopic (exact) mass is 162 g/mol. The molecule has 0 aliphatic carbocycles. The second-order valence-corrected chi connectivity index (χ2v) is 3.42. The lowest BCUT2D eigenvalue weighted by molar-refractivity contribution is 0.299. The average Bonchev–Trinajstić information content (AvgIpc) is 2.46. The third-order valence-corrected chi connectivity index (χ3v) is 2.41. The van der Waals surface area contributed by atoms with Crippen molar-refractivity contribution in [2.24, 2.45) is 0 Å². The van der Waals surface area contributed by atoms with Crippen molar-refractivity contribution in [1.82, 2.24) is 9.88 Å². The Labute approximate surface area is 73.2 Å². The molecule has 0 saturated heterocycles. The minimum Gasteiger partial charge on any atom is -0.293 e. The summed E-state index contributed by atoms with van der Waals surface area (Å²) >= 11 is 0. The van der Waals surface area contributed by atoms with Crippen LogP contribution < -0.4 is 0 Å². The van der Waals surface area contributed by atoms with Crippen LogP contribution in [0.5, 0.6) is 0 Å². The quantitative estimate of drug-likeness (QED) is 0.625. The molecule has 0 unspecified atom stereocenters. The molecule has 0 spiro atoms. The van der Waals surface area contributed by atoms with E-state index in [4.69, 9.17) is 0 Å². The lowest BCUT2D eigenvalue weighted by Gasteiger charge is -2.08. The first kappa shape index (κ1) is 7.74. The summed E-state index contributed by atoms with van der Waals surface area (Å²) in [4.78, 5) is 6.82. The molecule has 1 aromatic rings. The van der Waals surface area contributed by atoms with Crippen LogP contribution in [0.2, 0.25) is 0 Å². The zero-order valence-electron chi connectivity index (χ0n) is 7.67. The minimum atomic E-state index is 1.03. The molecule has 0 saturated carbocycles. The van der Waals surface area contributed by atoms with Crippen molar-refractivity contribution in [3.05, 3.63) is 29.1 Å². The van der Waals surface area contributed by atoms with Gasteiger partial charge in [0.05, 0.1) is 5.69 Å². The maximum Gasteiger partial charge on any atom is 0.0589 e. The van der Waals surface area contributed by atoms with Crippen LogP contribution in [-0.2, 0) is 13.1 Å². The fourth-order valence-electron chi connectivity index (χ4n) is 1.67. The van der Waals surface area contributed by atoms with E-state index in [-0.39, 0.29) is 0 Å². The average molecular weight is 162 g/mol. The van der Waals surface area contributed by atoms with Crippen LogP contribution in [0.15, 0.2) is 12.3 Å². The van der Waals surface area contributed by atoms with Crippen molar-refractivity contribution in [1.29, 1.82) is 0 Å². The predicted molar refractivity (Wildman–Crippen MR) is 48.8 cm³/mol. The largest absolute Gasteiger partial charge is 0.293 e. The molecule has 2 nitrogen and oxygen atoms in total. The second-order valence-electron chi connectivity index (χ2n) is 3.42. The smallest absolute Gasteiger partial charge is 0.0589 e. The van der Waals surface area contributed by atoms with Gasteiger partial charge in [0, 0.05) is 19.3 Å². The summed E-state index contributed by atoms with van der Waals surface area (Å²) in [5.74, 6) is 0. The van der Waals surface area contributed by atoms with Gasteiger partial charge in [0.2, 0.25) is 0 Å². The van der Waals surface area contributed by atoms with Crippen molar-refractivity contribution >= 4 is 0 Å². The Bertz CT molecular complexity index is 294. The summed E-state index contributed by atoms with van der Waals surface area (Å²) in [6.45, 7) is 7.53. The van der Waals surface area contributed by atoms with Crippen molar-refractivity contribution < 1.29 is 0 Å². The SMILES string of the molecule is CCN1Cc2cc(C)cnc2C1. The Balaban J connectivity index is 2.30. The van der Waals surface area contributed by atoms with Crippen LogP contribution in [0.25, 0.3) is 0 Å². The van der Waals surface area contributed by atoms with Crippen LogP contribution in [0, 0.1) is 6.92 Å². The standard InChI is InChI=1S/C10H14N2/c1-3-12-6-9-4-8(2)5-11-10(9)7-12/h4-5H,3,6-7H2,1-2H3. The van der Waals surface area contributed by atoms with E-state index in [1.54, 1.807) is 0 Å². The number of hydrogen-bond donors (Lipinski definition) is 0. The molecule has 0 aromatic carbocycles. The first-order chi connectivity index (χ1) is 5.79. The van der Waals surface area contributed by atoms with E-state index in [9.17, 15) is 0 Å². The summed E-state index contributed by atoms with van der Waals surface area (Å²) in [6.07, 6.45) is 1.96. The highest BCUT2D eigenvalue weighted by Crippen LogP contribution is 2.20. The Hall–Kier alpha value is -0.890. The normalized spacial score (nSPS) is 16.5. The number of nitrogens with zero attached hydrogens (tertiary/aromatic N) is 2. The third-order valence-electron chi connectivity index (χ3n) is 2.41. The molecule has 2 heterocycles. The number of aromatic nitrogens is 1. The molecule has 0 N–H and O–H groups in total. The molecular formula is C10H14N2. The van der Waals surface area contributed by atoms with Gasteiger partial charge >= 0.3 is 0 Å². The summed E-state index contributed by atoms with van der Waals surface area (Å²) in [5.41, 5.74) is 3.95. The topological polar surface area (TPSA) is 16.1 Å². The molecule has 1 aliphatic rings. The molecule has 0 atom stereocenters. The van der Waals surface area contributed by atoms with Crippen LogP contribution >= 0.6 is 0 Å². The maximum atomic E-state index is 4.42. The number of aryl methyl sites for hydroxylation is 1. The summed E-state index contributed by atoms with van der Waals surface area (Å²) < 4.78 is 0.